The fourth-order valence-corrected chi connectivity index (χ4v) is 11.8. The van der Waals surface area contributed by atoms with Crippen molar-refractivity contribution in [1.29, 1.82) is 0 Å². The summed E-state index contributed by atoms with van der Waals surface area (Å²) in [5.41, 5.74) is 19.2. The van der Waals surface area contributed by atoms with Crippen molar-refractivity contribution in [3.63, 3.8) is 0 Å². The molecule has 372 valence electrons. The van der Waals surface area contributed by atoms with Gasteiger partial charge in [-0.25, -0.2) is 29.1 Å². The molecular weight excluding hydrogens is 989 g/mol. The van der Waals surface area contributed by atoms with Gasteiger partial charge in [0.25, 0.3) is 0 Å². The molecule has 0 atom stereocenters. The summed E-state index contributed by atoms with van der Waals surface area (Å²) in [6, 6.07) is 73.8. The lowest BCUT2D eigenvalue weighted by molar-refractivity contribution is 1.16. The Kier molecular flexibility index (Phi) is 11.9. The first-order valence-corrected chi connectivity index (χ1v) is 26.0. The van der Waals surface area contributed by atoms with Gasteiger partial charge in [-0.15, -0.1) is 0 Å². The molecule has 0 amide bonds. The first-order valence-electron chi connectivity index (χ1n) is 26.0. The largest absolute Gasteiger partial charge is 0.310 e. The molecule has 0 N–H and O–H groups in total. The Balaban J connectivity index is 1.16. The third kappa shape index (κ3) is 7.94. The van der Waals surface area contributed by atoms with E-state index in [0.717, 1.165) is 122 Å². The summed E-state index contributed by atoms with van der Waals surface area (Å²) in [5, 5.41) is 3.73. The van der Waals surface area contributed by atoms with E-state index in [4.69, 9.17) is 39.4 Å². The monoisotopic (exact) mass is 1030 g/mol. The van der Waals surface area contributed by atoms with Crippen LogP contribution in [0.4, 0.5) is 34.1 Å². The van der Waals surface area contributed by atoms with Crippen molar-refractivity contribution in [3.05, 3.63) is 299 Å². The third-order valence-electron chi connectivity index (χ3n) is 15.4. The summed E-state index contributed by atoms with van der Waals surface area (Å²) < 4.78 is 4.52. The Bertz CT molecular complexity index is 4870. The zero-order valence-electron chi connectivity index (χ0n) is 43.4. The van der Waals surface area contributed by atoms with Crippen molar-refractivity contribution >= 4 is 77.7 Å². The maximum atomic E-state index is 9.05. The van der Waals surface area contributed by atoms with Crippen LogP contribution >= 0.6 is 0 Å². The van der Waals surface area contributed by atoms with Gasteiger partial charge in [-0.2, -0.15) is 0 Å². The van der Waals surface area contributed by atoms with Crippen LogP contribution in [0, 0.1) is 46.4 Å². The van der Waals surface area contributed by atoms with Crippen LogP contribution in [0.2, 0.25) is 0 Å². The SMILES string of the molecule is [C-]#[N+]c1ccc(-c2cccc(-n3c4ccc(-c5ccccc5[N+]#[C-])cc4c4cc(-c5ccccc5[N+]#[C-])ccc43)c2-c2c([N+]#[C-])cccc2-n2c3ccc(-c4ccccc4[N+]#[C-])cc3c3cc(-c4ccccc4[N+]#[C-])ccc32)c(C)c1. The minimum atomic E-state index is 0.425. The Morgan fingerprint density at radius 2 is 0.605 bits per heavy atom. The number of benzene rings is 11. The van der Waals surface area contributed by atoms with Gasteiger partial charge in [0.15, 0.2) is 34.1 Å². The van der Waals surface area contributed by atoms with Gasteiger partial charge in [0, 0.05) is 38.4 Å². The quantitative estimate of drug-likeness (QED) is 0.136. The molecule has 2 aromatic heterocycles. The van der Waals surface area contributed by atoms with Crippen molar-refractivity contribution in [2.75, 3.05) is 0 Å². The molecule has 0 aliphatic rings. The van der Waals surface area contributed by atoms with Crippen molar-refractivity contribution in [1.82, 2.24) is 9.13 Å². The number of para-hydroxylation sites is 4. The highest BCUT2D eigenvalue weighted by molar-refractivity contribution is 6.16. The van der Waals surface area contributed by atoms with E-state index in [1.54, 1.807) is 0 Å². The van der Waals surface area contributed by atoms with Gasteiger partial charge in [-0.3, -0.25) is 0 Å². The second-order valence-electron chi connectivity index (χ2n) is 19.7. The van der Waals surface area contributed by atoms with Gasteiger partial charge in [0.1, 0.15) is 0 Å². The number of nitrogens with zero attached hydrogens (tertiary/aromatic N) is 8. The minimum Gasteiger partial charge on any atom is -0.310 e. The molecule has 0 aliphatic heterocycles. The summed E-state index contributed by atoms with van der Waals surface area (Å²) in [6.07, 6.45) is 0. The normalized spacial score (nSPS) is 11.0. The molecule has 0 spiro atoms. The van der Waals surface area contributed by atoms with E-state index in [0.29, 0.717) is 39.7 Å². The lowest BCUT2D eigenvalue weighted by Crippen LogP contribution is -2.04. The van der Waals surface area contributed by atoms with Gasteiger partial charge in [0.2, 0.25) is 0 Å². The molecule has 0 radical (unpaired) electrons. The summed E-state index contributed by atoms with van der Waals surface area (Å²) in [4.78, 5) is 23.8. The molecule has 0 saturated carbocycles. The number of hydrogen-bond donors (Lipinski definition) is 0. The lowest BCUT2D eigenvalue weighted by Gasteiger charge is -2.23. The van der Waals surface area contributed by atoms with E-state index in [2.05, 4.69) is 135 Å². The van der Waals surface area contributed by atoms with Gasteiger partial charge >= 0.3 is 0 Å². The van der Waals surface area contributed by atoms with Crippen LogP contribution in [0.1, 0.15) is 5.56 Å². The van der Waals surface area contributed by atoms with E-state index in [1.165, 1.54) is 0 Å². The molecular formula is C73H40N8. The van der Waals surface area contributed by atoms with Crippen LogP contribution in [-0.2, 0) is 0 Å². The summed E-state index contributed by atoms with van der Waals surface area (Å²) in [6.45, 7) is 51.4. The van der Waals surface area contributed by atoms with E-state index < -0.39 is 0 Å². The topological polar surface area (TPSA) is 36.0 Å². The highest BCUT2D eigenvalue weighted by Gasteiger charge is 2.27. The standard InChI is InChI=1S/C73H40N8/c1-45-40-50(74-2)34-35-51(45)56-22-16-28-70(80-66-36-30-46(52-18-8-12-23-61(52)75-3)41-57(66)58-42-47(31-37-67(58)80)53-19-9-13-24-62(53)76-4)72(56)73-65(79-7)27-17-29-71(73)81-68-38-32-48(54-20-10-14-25-63(54)77-5)43-59(68)60-44-49(33-39-69(60)81)55-21-11-15-26-64(55)78-6/h8-44H,1H3. The zero-order chi connectivity index (χ0) is 55.3. The molecule has 13 aromatic rings. The van der Waals surface area contributed by atoms with Crippen LogP contribution in [0.15, 0.2) is 224 Å². The van der Waals surface area contributed by atoms with E-state index in [9.17, 15) is 0 Å². The predicted molar refractivity (Wildman–Crippen MR) is 330 cm³/mol. The molecule has 2 heterocycles. The van der Waals surface area contributed by atoms with Crippen LogP contribution in [0.3, 0.4) is 0 Å². The average Bonchev–Trinajstić information content (AvgIpc) is 4.16. The van der Waals surface area contributed by atoms with E-state index >= 15 is 0 Å². The van der Waals surface area contributed by atoms with Crippen molar-refractivity contribution in [2.45, 2.75) is 6.92 Å². The first kappa shape index (κ1) is 48.6. The van der Waals surface area contributed by atoms with Gasteiger partial charge in [-0.1, -0.05) is 169 Å². The Hall–Kier alpha value is -12.0. The zero-order valence-corrected chi connectivity index (χ0v) is 43.4. The van der Waals surface area contributed by atoms with Crippen LogP contribution < -0.4 is 0 Å². The first-order chi connectivity index (χ1) is 39.8. The Morgan fingerprint density at radius 1 is 0.272 bits per heavy atom. The summed E-state index contributed by atoms with van der Waals surface area (Å²) in [5.74, 6) is 0. The van der Waals surface area contributed by atoms with Gasteiger partial charge in [-0.05, 0) is 123 Å². The highest BCUT2D eigenvalue weighted by atomic mass is 15.0. The van der Waals surface area contributed by atoms with E-state index in [1.807, 2.05) is 134 Å². The second-order valence-corrected chi connectivity index (χ2v) is 19.7. The molecule has 8 heteroatoms. The van der Waals surface area contributed by atoms with E-state index in [-0.39, 0.29) is 0 Å². The number of hydrogen-bond acceptors (Lipinski definition) is 0. The second kappa shape index (κ2) is 19.8. The number of fused-ring (bicyclic) bond motifs is 6. The Labute approximate surface area is 468 Å². The van der Waals surface area contributed by atoms with Crippen LogP contribution in [-0.4, -0.2) is 9.13 Å². The van der Waals surface area contributed by atoms with Crippen LogP contribution in [0.25, 0.3) is 151 Å². The molecule has 13 rings (SSSR count). The fraction of sp³-hybridized carbons (Fsp3) is 0.0137. The maximum Gasteiger partial charge on any atom is 0.197 e. The lowest BCUT2D eigenvalue weighted by atomic mass is 9.88. The molecule has 0 bridgehead atoms. The smallest absolute Gasteiger partial charge is 0.197 e. The fourth-order valence-electron chi connectivity index (χ4n) is 11.8. The molecule has 0 aliphatic carbocycles. The summed E-state index contributed by atoms with van der Waals surface area (Å²) in [7, 11) is 0. The molecule has 81 heavy (non-hydrogen) atoms. The van der Waals surface area contributed by atoms with Gasteiger partial charge in [0.05, 0.1) is 67.2 Å². The van der Waals surface area contributed by atoms with Gasteiger partial charge < -0.3 is 9.13 Å². The number of aryl methyl sites for hydroxylation is 1. The maximum absolute atomic E-state index is 9.05. The predicted octanol–water partition coefficient (Wildman–Crippen LogP) is 21.5. The molecule has 0 saturated heterocycles. The Morgan fingerprint density at radius 3 is 0.963 bits per heavy atom. The molecule has 0 fully saturated rings. The van der Waals surface area contributed by atoms with Crippen molar-refractivity contribution in [2.24, 2.45) is 0 Å². The average molecular weight is 1030 g/mol. The number of aromatic nitrogens is 2. The van der Waals surface area contributed by atoms with Crippen molar-refractivity contribution in [3.8, 4) is 78.1 Å². The number of rotatable bonds is 8. The van der Waals surface area contributed by atoms with Crippen LogP contribution in [0.5, 0.6) is 0 Å². The molecule has 8 nitrogen and oxygen atoms in total. The highest BCUT2D eigenvalue weighted by Crippen LogP contribution is 2.51. The molecule has 11 aromatic carbocycles. The molecule has 0 unspecified atom stereocenters. The minimum absolute atomic E-state index is 0.425. The van der Waals surface area contributed by atoms with Crippen molar-refractivity contribution < 1.29 is 0 Å². The summed E-state index contributed by atoms with van der Waals surface area (Å²) >= 11 is 0. The third-order valence-corrected chi connectivity index (χ3v) is 15.4.